The molecule has 7 heteroatoms. The molecule has 0 spiro atoms. The van der Waals surface area contributed by atoms with E-state index < -0.39 is 0 Å². The molecule has 2 aromatic heterocycles. The molecule has 1 aliphatic heterocycles. The topological polar surface area (TPSA) is 69.5 Å². The van der Waals surface area contributed by atoms with E-state index in [9.17, 15) is 10.1 Å². The van der Waals surface area contributed by atoms with Gasteiger partial charge >= 0.3 is 0 Å². The van der Waals surface area contributed by atoms with Gasteiger partial charge in [-0.1, -0.05) is 66.2 Å². The van der Waals surface area contributed by atoms with Crippen molar-refractivity contribution in [1.29, 1.82) is 5.26 Å². The summed E-state index contributed by atoms with van der Waals surface area (Å²) in [6.07, 6.45) is 0. The first kappa shape index (κ1) is 25.2. The lowest BCUT2D eigenvalue weighted by Gasteiger charge is -2.45. The number of rotatable bonds is 4. The molecule has 4 aromatic rings. The lowest BCUT2D eigenvalue weighted by Crippen LogP contribution is -2.53. The van der Waals surface area contributed by atoms with Gasteiger partial charge in [0.1, 0.15) is 17.3 Å². The maximum Gasteiger partial charge on any atom is 0.271 e. The molecule has 1 aliphatic rings. The van der Waals surface area contributed by atoms with Gasteiger partial charge in [0.15, 0.2) is 0 Å². The van der Waals surface area contributed by atoms with Crippen molar-refractivity contribution in [3.05, 3.63) is 110 Å². The molecule has 0 aliphatic carbocycles. The summed E-state index contributed by atoms with van der Waals surface area (Å²) in [4.78, 5) is 25.8. The maximum absolute atomic E-state index is 13.1. The fourth-order valence-corrected chi connectivity index (χ4v) is 5.49. The molecule has 2 aromatic carbocycles. The van der Waals surface area contributed by atoms with Gasteiger partial charge in [-0.05, 0) is 44.0 Å². The van der Waals surface area contributed by atoms with Crippen LogP contribution in [0.25, 0.3) is 15.9 Å². The Morgan fingerprint density at radius 2 is 1.61 bits per heavy atom. The predicted octanol–water partition coefficient (Wildman–Crippen LogP) is 5.27. The lowest BCUT2D eigenvalue weighted by molar-refractivity contribution is 0.150. The van der Waals surface area contributed by atoms with E-state index in [2.05, 4.69) is 95.0 Å². The fraction of sp³-hybridized carbons (Fsp3) is 0.290. The number of nitriles is 1. The van der Waals surface area contributed by atoms with Crippen molar-refractivity contribution in [1.82, 2.24) is 14.5 Å². The number of fused-ring (bicyclic) bond motifs is 1. The minimum Gasteiger partial charge on any atom is -0.364 e. The Labute approximate surface area is 223 Å². The Morgan fingerprint density at radius 3 is 2.13 bits per heavy atom. The van der Waals surface area contributed by atoms with Crippen LogP contribution in [-0.4, -0.2) is 40.1 Å². The first-order valence-corrected chi connectivity index (χ1v) is 12.8. The Bertz CT molecular complexity index is 1600. The molecule has 0 saturated carbocycles. The smallest absolute Gasteiger partial charge is 0.271 e. The summed E-state index contributed by atoms with van der Waals surface area (Å²) in [6, 6.07) is 23.1. The van der Waals surface area contributed by atoms with Gasteiger partial charge in [0.2, 0.25) is 5.52 Å². The highest BCUT2D eigenvalue weighted by atomic mass is 16.1. The molecule has 1 fully saturated rings. The molecule has 38 heavy (non-hydrogen) atoms. The number of benzene rings is 2. The van der Waals surface area contributed by atoms with Crippen LogP contribution in [0.5, 0.6) is 0 Å². The first-order chi connectivity index (χ1) is 18.3. The lowest BCUT2D eigenvalue weighted by atomic mass is 9.93. The third kappa shape index (κ3) is 4.42. The average Bonchev–Trinajstić information content (AvgIpc) is 2.93. The van der Waals surface area contributed by atoms with Gasteiger partial charge in [-0.25, -0.2) is 0 Å². The summed E-state index contributed by atoms with van der Waals surface area (Å²) in [5.41, 5.74) is 6.31. The third-order valence-corrected chi connectivity index (χ3v) is 7.54. The molecule has 1 saturated heterocycles. The van der Waals surface area contributed by atoms with Gasteiger partial charge in [-0.3, -0.25) is 9.69 Å². The number of aromatic nitrogens is 2. The maximum atomic E-state index is 13.1. The Balaban J connectivity index is 1.56. The standard InChI is InChI=1S/C31H30N6O/c1-20-6-10-23(11-7-20)29(24-12-8-21(2)9-13-24)37-17-16-36(19-22(37)3)30-25(18-32)31(38)35(5)26-14-15-27(33-4)34-28(26)30/h6-15,22,29H,16-17,19H2,1-3,5H3/t22-/m1/s1. The van der Waals surface area contributed by atoms with Gasteiger partial charge < -0.3 is 14.3 Å². The van der Waals surface area contributed by atoms with Crippen LogP contribution in [0, 0.1) is 31.8 Å². The minimum absolute atomic E-state index is 0.0731. The summed E-state index contributed by atoms with van der Waals surface area (Å²) in [6.45, 7) is 15.8. The number of aryl methyl sites for hydroxylation is 3. The molecule has 0 radical (unpaired) electrons. The van der Waals surface area contributed by atoms with Crippen LogP contribution in [-0.2, 0) is 7.05 Å². The largest absolute Gasteiger partial charge is 0.364 e. The molecule has 5 rings (SSSR count). The number of nitrogens with zero attached hydrogens (tertiary/aromatic N) is 6. The van der Waals surface area contributed by atoms with Crippen molar-refractivity contribution >= 4 is 22.5 Å². The van der Waals surface area contributed by atoms with E-state index in [0.29, 0.717) is 29.8 Å². The predicted molar refractivity (Wildman–Crippen MR) is 151 cm³/mol. The average molecular weight is 503 g/mol. The van der Waals surface area contributed by atoms with Gasteiger partial charge in [0.05, 0.1) is 11.6 Å². The molecule has 0 N–H and O–H groups in total. The van der Waals surface area contributed by atoms with Crippen molar-refractivity contribution in [3.8, 4) is 6.07 Å². The Morgan fingerprint density at radius 1 is 1.00 bits per heavy atom. The van der Waals surface area contributed by atoms with E-state index in [1.807, 2.05) is 0 Å². The monoisotopic (exact) mass is 502 g/mol. The van der Waals surface area contributed by atoms with Crippen LogP contribution < -0.4 is 10.5 Å². The Hall–Kier alpha value is -4.46. The van der Waals surface area contributed by atoms with Gasteiger partial charge in [0, 0.05) is 32.7 Å². The third-order valence-electron chi connectivity index (χ3n) is 7.54. The van der Waals surface area contributed by atoms with Crippen molar-refractivity contribution in [2.45, 2.75) is 32.9 Å². The molecular formula is C31H30N6O. The minimum atomic E-state index is -0.348. The quantitative estimate of drug-likeness (QED) is 0.356. The summed E-state index contributed by atoms with van der Waals surface area (Å²) >= 11 is 0. The number of hydrogen-bond donors (Lipinski definition) is 0. The first-order valence-electron chi connectivity index (χ1n) is 12.8. The van der Waals surface area contributed by atoms with Crippen LogP contribution in [0.3, 0.4) is 0 Å². The van der Waals surface area contributed by atoms with Crippen molar-refractivity contribution in [2.24, 2.45) is 7.05 Å². The summed E-state index contributed by atoms with van der Waals surface area (Å²) < 4.78 is 1.45. The number of piperazine rings is 1. The van der Waals surface area contributed by atoms with Gasteiger partial charge in [0.25, 0.3) is 11.4 Å². The molecule has 0 unspecified atom stereocenters. The number of anilines is 1. The van der Waals surface area contributed by atoms with E-state index in [-0.39, 0.29) is 29.0 Å². The van der Waals surface area contributed by atoms with Crippen molar-refractivity contribution < 1.29 is 0 Å². The molecule has 0 amide bonds. The summed E-state index contributed by atoms with van der Waals surface area (Å²) in [5, 5.41) is 10.00. The van der Waals surface area contributed by atoms with E-state index in [4.69, 9.17) is 6.57 Å². The van der Waals surface area contributed by atoms with E-state index >= 15 is 0 Å². The SMILES string of the molecule is [C-]#[N+]c1ccc2c(n1)c(N1CCN(C(c3ccc(C)cc3)c3ccc(C)cc3)[C@H](C)C1)c(C#N)c(=O)n2C. The molecule has 0 bridgehead atoms. The molecule has 7 nitrogen and oxygen atoms in total. The molecule has 190 valence electrons. The van der Waals surface area contributed by atoms with E-state index in [1.165, 1.54) is 26.8 Å². The molecular weight excluding hydrogens is 472 g/mol. The number of pyridine rings is 2. The normalized spacial score (nSPS) is 16.0. The van der Waals surface area contributed by atoms with Crippen LogP contribution in [0.15, 0.2) is 65.5 Å². The fourth-order valence-electron chi connectivity index (χ4n) is 5.49. The Kier molecular flexibility index (Phi) is 6.72. The van der Waals surface area contributed by atoms with Crippen LogP contribution in [0.1, 0.15) is 40.8 Å². The zero-order valence-corrected chi connectivity index (χ0v) is 22.1. The van der Waals surface area contributed by atoms with Gasteiger partial charge in [-0.2, -0.15) is 5.26 Å². The second-order valence-electron chi connectivity index (χ2n) is 10.1. The highest BCUT2D eigenvalue weighted by Gasteiger charge is 2.34. The molecule has 1 atom stereocenters. The summed E-state index contributed by atoms with van der Waals surface area (Å²) in [7, 11) is 1.64. The number of hydrogen-bond acceptors (Lipinski definition) is 5. The highest BCUT2D eigenvalue weighted by Crippen LogP contribution is 2.35. The highest BCUT2D eigenvalue weighted by molar-refractivity contribution is 5.92. The van der Waals surface area contributed by atoms with Gasteiger partial charge in [-0.15, -0.1) is 4.98 Å². The van der Waals surface area contributed by atoms with E-state index in [0.717, 1.165) is 6.54 Å². The second-order valence-corrected chi connectivity index (χ2v) is 10.1. The molecule has 3 heterocycles. The zero-order valence-electron chi connectivity index (χ0n) is 22.1. The van der Waals surface area contributed by atoms with Crippen LogP contribution in [0.2, 0.25) is 0 Å². The second kappa shape index (κ2) is 10.1. The van der Waals surface area contributed by atoms with Crippen molar-refractivity contribution in [2.75, 3.05) is 24.5 Å². The van der Waals surface area contributed by atoms with Crippen LogP contribution in [0.4, 0.5) is 11.5 Å². The summed E-state index contributed by atoms with van der Waals surface area (Å²) in [5.74, 6) is 0.242. The zero-order chi connectivity index (χ0) is 27.0. The van der Waals surface area contributed by atoms with Crippen LogP contribution >= 0.6 is 0 Å². The van der Waals surface area contributed by atoms with Crippen molar-refractivity contribution in [3.63, 3.8) is 0 Å². The van der Waals surface area contributed by atoms with E-state index in [1.54, 1.807) is 19.2 Å².